The van der Waals surface area contributed by atoms with E-state index in [1.807, 2.05) is 6.07 Å². The first-order valence-electron chi connectivity index (χ1n) is 8.80. The molecule has 1 unspecified atom stereocenters. The predicted octanol–water partition coefficient (Wildman–Crippen LogP) is 2.75. The third-order valence-electron chi connectivity index (χ3n) is 4.75. The third-order valence-corrected chi connectivity index (χ3v) is 4.75. The summed E-state index contributed by atoms with van der Waals surface area (Å²) in [5, 5.41) is 3.15. The van der Waals surface area contributed by atoms with E-state index in [0.717, 1.165) is 44.7 Å². The number of ether oxygens (including phenoxy) is 1. The van der Waals surface area contributed by atoms with Crippen LogP contribution >= 0.6 is 0 Å². The zero-order chi connectivity index (χ0) is 16.7. The molecule has 23 heavy (non-hydrogen) atoms. The van der Waals surface area contributed by atoms with E-state index in [0.29, 0.717) is 12.5 Å². The van der Waals surface area contributed by atoms with Crippen molar-refractivity contribution >= 4 is 5.91 Å². The quantitative estimate of drug-likeness (QED) is 0.840. The van der Waals surface area contributed by atoms with Crippen LogP contribution in [0.25, 0.3) is 0 Å². The highest BCUT2D eigenvalue weighted by atomic mass is 16.5. The SMILES string of the molecule is CCC(CC)C(C(=O)NCc1cccc(C)c1)N1CCOCC1. The van der Waals surface area contributed by atoms with Gasteiger partial charge in [-0.25, -0.2) is 0 Å². The smallest absolute Gasteiger partial charge is 0.237 e. The first-order chi connectivity index (χ1) is 11.2. The standard InChI is InChI=1S/C19H30N2O2/c1-4-17(5-2)18(21-9-11-23-12-10-21)19(22)20-14-16-8-6-7-15(3)13-16/h6-8,13,17-18H,4-5,9-12,14H2,1-3H3,(H,20,22). The van der Waals surface area contributed by atoms with Gasteiger partial charge < -0.3 is 10.1 Å². The molecule has 0 bridgehead atoms. The molecule has 1 saturated heterocycles. The zero-order valence-corrected chi connectivity index (χ0v) is 14.7. The number of carbonyl (C=O) groups is 1. The Morgan fingerprint density at radius 3 is 2.57 bits per heavy atom. The van der Waals surface area contributed by atoms with Crippen LogP contribution in [0.15, 0.2) is 24.3 Å². The van der Waals surface area contributed by atoms with Crippen LogP contribution in [-0.2, 0) is 16.1 Å². The molecule has 1 N–H and O–H groups in total. The first-order valence-corrected chi connectivity index (χ1v) is 8.80. The normalized spacial score (nSPS) is 17.2. The van der Waals surface area contributed by atoms with Crippen LogP contribution in [0.2, 0.25) is 0 Å². The molecule has 1 aromatic rings. The fourth-order valence-electron chi connectivity index (χ4n) is 3.38. The number of amides is 1. The van der Waals surface area contributed by atoms with Gasteiger partial charge in [-0.2, -0.15) is 0 Å². The number of aryl methyl sites for hydroxylation is 1. The first kappa shape index (κ1) is 18.0. The number of nitrogens with one attached hydrogen (secondary N) is 1. The van der Waals surface area contributed by atoms with Crippen LogP contribution in [0, 0.1) is 12.8 Å². The Balaban J connectivity index is 2.03. The van der Waals surface area contributed by atoms with Gasteiger partial charge >= 0.3 is 0 Å². The summed E-state index contributed by atoms with van der Waals surface area (Å²) in [6, 6.07) is 8.26. The molecule has 2 rings (SSSR count). The third kappa shape index (κ3) is 5.05. The summed E-state index contributed by atoms with van der Waals surface area (Å²) in [5.74, 6) is 0.549. The second-order valence-corrected chi connectivity index (χ2v) is 6.38. The molecule has 0 radical (unpaired) electrons. The molecule has 0 aliphatic carbocycles. The van der Waals surface area contributed by atoms with Gasteiger partial charge in [0.25, 0.3) is 0 Å². The lowest BCUT2D eigenvalue weighted by atomic mass is 9.91. The van der Waals surface area contributed by atoms with Crippen molar-refractivity contribution in [3.8, 4) is 0 Å². The molecule has 1 aromatic carbocycles. The Labute approximate surface area is 140 Å². The van der Waals surface area contributed by atoms with E-state index in [4.69, 9.17) is 4.74 Å². The number of hydrogen-bond donors (Lipinski definition) is 1. The highest BCUT2D eigenvalue weighted by molar-refractivity contribution is 5.82. The van der Waals surface area contributed by atoms with Crippen molar-refractivity contribution in [2.75, 3.05) is 26.3 Å². The maximum atomic E-state index is 12.9. The average molecular weight is 318 g/mol. The fraction of sp³-hybridized carbons (Fsp3) is 0.632. The summed E-state index contributed by atoms with van der Waals surface area (Å²) >= 11 is 0. The summed E-state index contributed by atoms with van der Waals surface area (Å²) in [5.41, 5.74) is 2.38. The molecular formula is C19H30N2O2. The van der Waals surface area contributed by atoms with Crippen molar-refractivity contribution < 1.29 is 9.53 Å². The predicted molar refractivity (Wildman–Crippen MR) is 93.3 cm³/mol. The van der Waals surface area contributed by atoms with Gasteiger partial charge in [-0.1, -0.05) is 56.5 Å². The Kier molecular flexibility index (Phi) is 7.06. The molecule has 0 aromatic heterocycles. The van der Waals surface area contributed by atoms with Crippen LogP contribution < -0.4 is 5.32 Å². The summed E-state index contributed by atoms with van der Waals surface area (Å²) in [7, 11) is 0. The van der Waals surface area contributed by atoms with E-state index in [1.165, 1.54) is 5.56 Å². The van der Waals surface area contributed by atoms with Gasteiger partial charge in [0.15, 0.2) is 0 Å². The van der Waals surface area contributed by atoms with E-state index in [-0.39, 0.29) is 11.9 Å². The zero-order valence-electron chi connectivity index (χ0n) is 14.7. The lowest BCUT2D eigenvalue weighted by Crippen LogP contribution is -2.54. The number of nitrogens with zero attached hydrogens (tertiary/aromatic N) is 1. The van der Waals surface area contributed by atoms with Crippen molar-refractivity contribution in [2.45, 2.75) is 46.2 Å². The van der Waals surface area contributed by atoms with Crippen molar-refractivity contribution in [2.24, 2.45) is 5.92 Å². The molecule has 4 heteroatoms. The van der Waals surface area contributed by atoms with Gasteiger partial charge in [0.1, 0.15) is 0 Å². The number of carbonyl (C=O) groups excluding carboxylic acids is 1. The molecule has 1 fully saturated rings. The summed E-state index contributed by atoms with van der Waals surface area (Å²) < 4.78 is 5.45. The topological polar surface area (TPSA) is 41.6 Å². The Morgan fingerprint density at radius 2 is 1.96 bits per heavy atom. The number of benzene rings is 1. The maximum absolute atomic E-state index is 12.9. The van der Waals surface area contributed by atoms with Gasteiger partial charge in [0.2, 0.25) is 5.91 Å². The van der Waals surface area contributed by atoms with Crippen molar-refractivity contribution in [1.29, 1.82) is 0 Å². The lowest BCUT2D eigenvalue weighted by Gasteiger charge is -2.37. The minimum absolute atomic E-state index is 0.0429. The van der Waals surface area contributed by atoms with Gasteiger partial charge in [0, 0.05) is 19.6 Å². The largest absolute Gasteiger partial charge is 0.379 e. The lowest BCUT2D eigenvalue weighted by molar-refractivity contribution is -0.131. The van der Waals surface area contributed by atoms with Gasteiger partial charge in [-0.3, -0.25) is 9.69 Å². The van der Waals surface area contributed by atoms with Crippen LogP contribution in [-0.4, -0.2) is 43.2 Å². The molecule has 0 spiro atoms. The summed E-state index contributed by atoms with van der Waals surface area (Å²) in [6.45, 7) is 10.2. The minimum atomic E-state index is -0.0429. The Hall–Kier alpha value is -1.39. The molecular weight excluding hydrogens is 288 g/mol. The Bertz CT molecular complexity index is 494. The molecule has 1 amide bonds. The summed E-state index contributed by atoms with van der Waals surface area (Å²) in [6.07, 6.45) is 2.05. The van der Waals surface area contributed by atoms with Crippen LogP contribution in [0.3, 0.4) is 0 Å². The van der Waals surface area contributed by atoms with Crippen molar-refractivity contribution in [3.05, 3.63) is 35.4 Å². The van der Waals surface area contributed by atoms with Crippen LogP contribution in [0.1, 0.15) is 37.8 Å². The monoisotopic (exact) mass is 318 g/mol. The van der Waals surface area contributed by atoms with Crippen molar-refractivity contribution in [1.82, 2.24) is 10.2 Å². The molecule has 1 atom stereocenters. The molecule has 0 saturated carbocycles. The number of hydrogen-bond acceptors (Lipinski definition) is 3. The Morgan fingerprint density at radius 1 is 1.26 bits per heavy atom. The highest BCUT2D eigenvalue weighted by Crippen LogP contribution is 2.20. The van der Waals surface area contributed by atoms with Crippen LogP contribution in [0.4, 0.5) is 0 Å². The second-order valence-electron chi connectivity index (χ2n) is 6.38. The molecule has 128 valence electrons. The molecule has 1 aliphatic heterocycles. The minimum Gasteiger partial charge on any atom is -0.379 e. The second kappa shape index (κ2) is 9.04. The van der Waals surface area contributed by atoms with E-state index in [2.05, 4.69) is 49.2 Å². The van der Waals surface area contributed by atoms with Gasteiger partial charge in [-0.05, 0) is 18.4 Å². The van der Waals surface area contributed by atoms with E-state index in [1.54, 1.807) is 0 Å². The van der Waals surface area contributed by atoms with E-state index >= 15 is 0 Å². The van der Waals surface area contributed by atoms with Crippen molar-refractivity contribution in [3.63, 3.8) is 0 Å². The molecule has 1 heterocycles. The average Bonchev–Trinajstić information content (AvgIpc) is 2.58. The fourth-order valence-corrected chi connectivity index (χ4v) is 3.38. The molecule has 4 nitrogen and oxygen atoms in total. The van der Waals surface area contributed by atoms with E-state index in [9.17, 15) is 4.79 Å². The molecule has 1 aliphatic rings. The number of rotatable bonds is 7. The van der Waals surface area contributed by atoms with Gasteiger partial charge in [0.05, 0.1) is 19.3 Å². The maximum Gasteiger partial charge on any atom is 0.237 e. The summed E-state index contributed by atoms with van der Waals surface area (Å²) in [4.78, 5) is 15.2. The number of morpholine rings is 1. The highest BCUT2D eigenvalue weighted by Gasteiger charge is 2.32. The van der Waals surface area contributed by atoms with E-state index < -0.39 is 0 Å². The van der Waals surface area contributed by atoms with Crippen LogP contribution in [0.5, 0.6) is 0 Å². The van der Waals surface area contributed by atoms with Gasteiger partial charge in [-0.15, -0.1) is 0 Å².